The summed E-state index contributed by atoms with van der Waals surface area (Å²) in [6.07, 6.45) is 0.344. The summed E-state index contributed by atoms with van der Waals surface area (Å²) in [7, 11) is 1.24. The molecule has 2 heterocycles. The average Bonchev–Trinajstić information content (AvgIpc) is 3.26. The first kappa shape index (κ1) is 19.6. The van der Waals surface area contributed by atoms with Crippen molar-refractivity contribution in [2.75, 3.05) is 19.0 Å². The summed E-state index contributed by atoms with van der Waals surface area (Å²) < 4.78 is 4.66. The fourth-order valence-corrected chi connectivity index (χ4v) is 3.91. The number of thiophene rings is 1. The third-order valence-corrected chi connectivity index (χ3v) is 5.43. The van der Waals surface area contributed by atoms with Gasteiger partial charge in [-0.3, -0.25) is 14.5 Å². The van der Waals surface area contributed by atoms with E-state index in [9.17, 15) is 19.2 Å². The molecular formula is C19H19N3O5S. The van der Waals surface area contributed by atoms with Gasteiger partial charge in [0, 0.05) is 0 Å². The van der Waals surface area contributed by atoms with Crippen molar-refractivity contribution in [3.63, 3.8) is 0 Å². The van der Waals surface area contributed by atoms with Crippen LogP contribution in [-0.4, -0.2) is 42.4 Å². The van der Waals surface area contributed by atoms with E-state index in [2.05, 4.69) is 15.4 Å². The summed E-state index contributed by atoms with van der Waals surface area (Å²) in [5.74, 6) is -1.66. The topological polar surface area (TPSA) is 105 Å². The van der Waals surface area contributed by atoms with Crippen LogP contribution in [0.25, 0.3) is 0 Å². The molecule has 1 aromatic heterocycles. The van der Waals surface area contributed by atoms with E-state index in [1.165, 1.54) is 13.2 Å². The van der Waals surface area contributed by atoms with Crippen molar-refractivity contribution < 1.29 is 23.9 Å². The van der Waals surface area contributed by atoms with E-state index in [0.717, 1.165) is 16.2 Å². The molecule has 1 saturated heterocycles. The lowest BCUT2D eigenvalue weighted by Crippen LogP contribution is -2.44. The maximum atomic E-state index is 13.0. The van der Waals surface area contributed by atoms with Gasteiger partial charge in [-0.2, -0.15) is 0 Å². The number of nitrogens with one attached hydrogen (secondary N) is 2. The second kappa shape index (κ2) is 7.81. The fraction of sp³-hybridized carbons (Fsp3) is 0.263. The van der Waals surface area contributed by atoms with Gasteiger partial charge in [0.1, 0.15) is 17.1 Å². The number of imide groups is 1. The average molecular weight is 401 g/mol. The van der Waals surface area contributed by atoms with E-state index >= 15 is 0 Å². The molecule has 1 atom stereocenters. The molecule has 4 amide bonds. The maximum Gasteiger partial charge on any atom is 0.340 e. The lowest BCUT2D eigenvalue weighted by molar-refractivity contribution is -0.134. The van der Waals surface area contributed by atoms with E-state index in [-0.39, 0.29) is 5.56 Å². The molecule has 1 aliphatic rings. The Morgan fingerprint density at radius 1 is 1.21 bits per heavy atom. The minimum Gasteiger partial charge on any atom is -0.465 e. The Morgan fingerprint density at radius 2 is 1.93 bits per heavy atom. The first-order chi connectivity index (χ1) is 13.4. The normalized spacial score (nSPS) is 18.7. The largest absolute Gasteiger partial charge is 0.465 e. The van der Waals surface area contributed by atoms with Gasteiger partial charge in [-0.1, -0.05) is 37.3 Å². The van der Waals surface area contributed by atoms with Gasteiger partial charge in [0.25, 0.3) is 5.91 Å². The van der Waals surface area contributed by atoms with Crippen LogP contribution in [0.5, 0.6) is 0 Å². The zero-order valence-corrected chi connectivity index (χ0v) is 16.2. The molecule has 2 aromatic rings. The van der Waals surface area contributed by atoms with Crippen LogP contribution >= 0.6 is 11.3 Å². The lowest BCUT2D eigenvalue weighted by Gasteiger charge is -2.25. The zero-order chi connectivity index (χ0) is 20.3. The number of hydrogen-bond donors (Lipinski definition) is 2. The molecule has 0 aliphatic carbocycles. The summed E-state index contributed by atoms with van der Waals surface area (Å²) in [5, 5.41) is 7.22. The van der Waals surface area contributed by atoms with E-state index in [1.807, 2.05) is 6.07 Å². The van der Waals surface area contributed by atoms with Crippen LogP contribution in [0, 0.1) is 0 Å². The number of amides is 4. The van der Waals surface area contributed by atoms with Crippen LogP contribution < -0.4 is 10.6 Å². The number of nitrogens with zero attached hydrogens (tertiary/aromatic N) is 1. The van der Waals surface area contributed by atoms with E-state index in [0.29, 0.717) is 17.0 Å². The van der Waals surface area contributed by atoms with E-state index in [4.69, 9.17) is 0 Å². The number of anilines is 1. The van der Waals surface area contributed by atoms with Gasteiger partial charge in [0.15, 0.2) is 0 Å². The van der Waals surface area contributed by atoms with Gasteiger partial charge in [0.05, 0.1) is 12.7 Å². The molecule has 8 nitrogen and oxygen atoms in total. The van der Waals surface area contributed by atoms with Crippen molar-refractivity contribution in [1.82, 2.24) is 10.2 Å². The quantitative estimate of drug-likeness (QED) is 0.571. The molecule has 0 saturated carbocycles. The Morgan fingerprint density at radius 3 is 2.57 bits per heavy atom. The third kappa shape index (κ3) is 3.36. The molecule has 0 bridgehead atoms. The fourth-order valence-electron chi connectivity index (χ4n) is 3.12. The molecule has 1 fully saturated rings. The van der Waals surface area contributed by atoms with Gasteiger partial charge in [-0.25, -0.2) is 9.59 Å². The van der Waals surface area contributed by atoms with Crippen LogP contribution in [-0.2, 0) is 19.9 Å². The van der Waals surface area contributed by atoms with Gasteiger partial charge < -0.3 is 15.4 Å². The second-order valence-corrected chi connectivity index (χ2v) is 7.07. The van der Waals surface area contributed by atoms with Gasteiger partial charge >= 0.3 is 12.0 Å². The highest BCUT2D eigenvalue weighted by Gasteiger charge is 2.51. The zero-order valence-electron chi connectivity index (χ0n) is 15.4. The van der Waals surface area contributed by atoms with Crippen LogP contribution in [0.15, 0.2) is 41.8 Å². The smallest absolute Gasteiger partial charge is 0.340 e. The molecule has 28 heavy (non-hydrogen) atoms. The molecule has 146 valence electrons. The standard InChI is InChI=1S/C19H19N3O5S/c1-3-19(12-7-5-4-6-8-12)17(25)22(18(26)21-19)11-14(23)20-15-13(9-10-28-15)16(24)27-2/h4-10H,3,11H2,1-2H3,(H,20,23)(H,21,26). The Bertz CT molecular complexity index is 927. The number of benzene rings is 1. The summed E-state index contributed by atoms with van der Waals surface area (Å²) >= 11 is 1.15. The highest BCUT2D eigenvalue weighted by atomic mass is 32.1. The van der Waals surface area contributed by atoms with Gasteiger partial charge in [-0.15, -0.1) is 11.3 Å². The van der Waals surface area contributed by atoms with Crippen molar-refractivity contribution in [3.8, 4) is 0 Å². The first-order valence-electron chi connectivity index (χ1n) is 8.58. The number of carbonyl (C=O) groups excluding carboxylic acids is 4. The van der Waals surface area contributed by atoms with Gasteiger partial charge in [-0.05, 0) is 23.4 Å². The maximum absolute atomic E-state index is 13.0. The molecule has 1 aromatic carbocycles. The Balaban J connectivity index is 1.77. The molecule has 1 aliphatic heterocycles. The third-order valence-electron chi connectivity index (χ3n) is 4.60. The van der Waals surface area contributed by atoms with Crippen molar-refractivity contribution in [2.24, 2.45) is 0 Å². The summed E-state index contributed by atoms with van der Waals surface area (Å²) in [4.78, 5) is 50.5. The molecule has 0 radical (unpaired) electrons. The summed E-state index contributed by atoms with van der Waals surface area (Å²) in [6, 6.07) is 9.81. The highest BCUT2D eigenvalue weighted by Crippen LogP contribution is 2.32. The minimum atomic E-state index is -1.20. The van der Waals surface area contributed by atoms with E-state index < -0.39 is 35.9 Å². The number of hydrogen-bond acceptors (Lipinski definition) is 6. The van der Waals surface area contributed by atoms with Crippen LogP contribution in [0.1, 0.15) is 29.3 Å². The number of carbonyl (C=O) groups is 4. The van der Waals surface area contributed by atoms with Crippen molar-refractivity contribution >= 4 is 40.2 Å². The van der Waals surface area contributed by atoms with Crippen LogP contribution in [0.2, 0.25) is 0 Å². The number of esters is 1. The lowest BCUT2D eigenvalue weighted by atomic mass is 9.87. The monoisotopic (exact) mass is 401 g/mol. The molecule has 9 heteroatoms. The van der Waals surface area contributed by atoms with Gasteiger partial charge in [0.2, 0.25) is 5.91 Å². The van der Waals surface area contributed by atoms with Crippen molar-refractivity contribution in [3.05, 3.63) is 52.9 Å². The Labute approximate surface area is 165 Å². The van der Waals surface area contributed by atoms with Crippen LogP contribution in [0.4, 0.5) is 9.80 Å². The Hall–Kier alpha value is -3.20. The molecule has 2 N–H and O–H groups in total. The second-order valence-electron chi connectivity index (χ2n) is 6.15. The number of methoxy groups -OCH3 is 1. The van der Waals surface area contributed by atoms with E-state index in [1.54, 1.807) is 36.6 Å². The summed E-state index contributed by atoms with van der Waals surface area (Å²) in [6.45, 7) is 1.33. The predicted molar refractivity (Wildman–Crippen MR) is 103 cm³/mol. The SMILES string of the molecule is CCC1(c2ccccc2)NC(=O)N(CC(=O)Nc2sccc2C(=O)OC)C1=O. The van der Waals surface area contributed by atoms with Crippen molar-refractivity contribution in [1.29, 1.82) is 0 Å². The highest BCUT2D eigenvalue weighted by molar-refractivity contribution is 7.14. The van der Waals surface area contributed by atoms with Crippen molar-refractivity contribution in [2.45, 2.75) is 18.9 Å². The molecule has 1 unspecified atom stereocenters. The minimum absolute atomic E-state index is 0.213. The van der Waals surface area contributed by atoms with Crippen LogP contribution in [0.3, 0.4) is 0 Å². The molecule has 0 spiro atoms. The first-order valence-corrected chi connectivity index (χ1v) is 9.46. The summed E-state index contributed by atoms with van der Waals surface area (Å²) in [5.41, 5.74) is -0.325. The Kier molecular flexibility index (Phi) is 5.46. The predicted octanol–water partition coefficient (Wildman–Crippen LogP) is 2.33. The molecule has 3 rings (SSSR count). The molecular weight excluding hydrogens is 382 g/mol. The number of urea groups is 1. The number of rotatable bonds is 6. The number of ether oxygens (including phenoxy) is 1.